The fourth-order valence-corrected chi connectivity index (χ4v) is 1.40. The maximum absolute atomic E-state index is 5.93. The van der Waals surface area contributed by atoms with Crippen LogP contribution >= 0.6 is 23.2 Å². The number of methoxy groups -OCH3 is 1. The molecule has 0 aliphatic heterocycles. The molecule has 0 aromatic heterocycles. The Labute approximate surface area is 82.2 Å². The molecule has 0 N–H and O–H groups in total. The highest BCUT2D eigenvalue weighted by molar-refractivity contribution is 6.33. The van der Waals surface area contributed by atoms with E-state index in [2.05, 4.69) is 0 Å². The normalized spacial score (nSPS) is 13.0. The molecule has 0 heterocycles. The number of ether oxygens (including phenoxy) is 1. The van der Waals surface area contributed by atoms with Crippen LogP contribution in [0, 0.1) is 0 Å². The van der Waals surface area contributed by atoms with E-state index in [1.54, 1.807) is 19.2 Å². The van der Waals surface area contributed by atoms with Crippen molar-refractivity contribution >= 4 is 23.2 Å². The molecule has 0 amide bonds. The van der Waals surface area contributed by atoms with Crippen molar-refractivity contribution < 1.29 is 4.74 Å². The largest absolute Gasteiger partial charge is 0.377 e. The van der Waals surface area contributed by atoms with E-state index < -0.39 is 0 Å². The van der Waals surface area contributed by atoms with E-state index in [1.807, 2.05) is 13.0 Å². The van der Waals surface area contributed by atoms with Crippen molar-refractivity contribution in [2.24, 2.45) is 0 Å². The van der Waals surface area contributed by atoms with Gasteiger partial charge < -0.3 is 4.74 Å². The fraction of sp³-hybridized carbons (Fsp3) is 0.333. The topological polar surface area (TPSA) is 9.23 Å². The minimum Gasteiger partial charge on any atom is -0.377 e. The molecule has 1 atom stereocenters. The van der Waals surface area contributed by atoms with E-state index >= 15 is 0 Å². The summed E-state index contributed by atoms with van der Waals surface area (Å²) in [4.78, 5) is 0. The molecule has 1 aromatic carbocycles. The van der Waals surface area contributed by atoms with Gasteiger partial charge in [-0.05, 0) is 25.1 Å². The summed E-state index contributed by atoms with van der Waals surface area (Å²) in [7, 11) is 1.64. The van der Waals surface area contributed by atoms with Crippen molar-refractivity contribution in [1.82, 2.24) is 0 Å². The number of halogens is 2. The van der Waals surface area contributed by atoms with Crippen LogP contribution in [-0.2, 0) is 4.74 Å². The van der Waals surface area contributed by atoms with Gasteiger partial charge in [0.25, 0.3) is 0 Å². The van der Waals surface area contributed by atoms with E-state index in [0.29, 0.717) is 10.0 Å². The van der Waals surface area contributed by atoms with Crippen LogP contribution in [0.4, 0.5) is 0 Å². The Hall–Kier alpha value is -0.240. The summed E-state index contributed by atoms with van der Waals surface area (Å²) >= 11 is 11.7. The molecule has 0 aliphatic rings. The predicted molar refractivity (Wildman–Crippen MR) is 51.9 cm³/mol. The molecular weight excluding hydrogens is 195 g/mol. The zero-order valence-corrected chi connectivity index (χ0v) is 8.49. The van der Waals surface area contributed by atoms with Gasteiger partial charge in [0.15, 0.2) is 0 Å². The average Bonchev–Trinajstić information content (AvgIpc) is 2.08. The van der Waals surface area contributed by atoms with E-state index in [-0.39, 0.29) is 6.10 Å². The number of rotatable bonds is 2. The predicted octanol–water partition coefficient (Wildman–Crippen LogP) is 3.70. The molecule has 0 aliphatic carbocycles. The molecule has 0 radical (unpaired) electrons. The smallest absolute Gasteiger partial charge is 0.0807 e. The number of hydrogen-bond acceptors (Lipinski definition) is 1. The molecule has 1 rings (SSSR count). The third-order valence-electron chi connectivity index (χ3n) is 1.75. The van der Waals surface area contributed by atoms with Crippen LogP contribution in [0.3, 0.4) is 0 Å². The minimum atomic E-state index is -0.0174. The molecule has 0 saturated carbocycles. The Kier molecular flexibility index (Phi) is 3.39. The Morgan fingerprint density at radius 3 is 2.58 bits per heavy atom. The third-order valence-corrected chi connectivity index (χ3v) is 2.33. The summed E-state index contributed by atoms with van der Waals surface area (Å²) in [5.74, 6) is 0. The maximum Gasteiger partial charge on any atom is 0.0807 e. The molecular formula is C9H10Cl2O. The molecule has 1 nitrogen and oxygen atoms in total. The van der Waals surface area contributed by atoms with Gasteiger partial charge in [-0.25, -0.2) is 0 Å². The maximum atomic E-state index is 5.93. The molecule has 0 saturated heterocycles. The second-order valence-corrected chi connectivity index (χ2v) is 3.39. The number of benzene rings is 1. The minimum absolute atomic E-state index is 0.0174. The van der Waals surface area contributed by atoms with Crippen LogP contribution in [0.25, 0.3) is 0 Å². The zero-order valence-electron chi connectivity index (χ0n) is 6.97. The van der Waals surface area contributed by atoms with Crippen molar-refractivity contribution in [2.75, 3.05) is 7.11 Å². The van der Waals surface area contributed by atoms with Gasteiger partial charge >= 0.3 is 0 Å². The van der Waals surface area contributed by atoms with Gasteiger partial charge in [0, 0.05) is 22.7 Å². The van der Waals surface area contributed by atoms with Crippen molar-refractivity contribution in [3.63, 3.8) is 0 Å². The highest BCUT2D eigenvalue weighted by Gasteiger charge is 2.08. The molecule has 3 heteroatoms. The van der Waals surface area contributed by atoms with Crippen molar-refractivity contribution in [2.45, 2.75) is 13.0 Å². The van der Waals surface area contributed by atoms with Gasteiger partial charge in [-0.15, -0.1) is 0 Å². The first-order valence-electron chi connectivity index (χ1n) is 3.63. The average molecular weight is 205 g/mol. The lowest BCUT2D eigenvalue weighted by molar-refractivity contribution is 0.119. The third kappa shape index (κ3) is 2.13. The summed E-state index contributed by atoms with van der Waals surface area (Å²) in [6, 6.07) is 5.35. The fourth-order valence-electron chi connectivity index (χ4n) is 0.953. The van der Waals surface area contributed by atoms with Crippen molar-refractivity contribution in [1.29, 1.82) is 0 Å². The summed E-state index contributed by atoms with van der Waals surface area (Å²) < 4.78 is 5.13. The van der Waals surface area contributed by atoms with Crippen LogP contribution in [0.15, 0.2) is 18.2 Å². The first-order valence-corrected chi connectivity index (χ1v) is 4.38. The van der Waals surface area contributed by atoms with Gasteiger partial charge in [-0.3, -0.25) is 0 Å². The highest BCUT2D eigenvalue weighted by Crippen LogP contribution is 2.27. The Morgan fingerprint density at radius 2 is 2.00 bits per heavy atom. The highest BCUT2D eigenvalue weighted by atomic mass is 35.5. The Bertz CT molecular complexity index is 273. The van der Waals surface area contributed by atoms with Crippen molar-refractivity contribution in [3.8, 4) is 0 Å². The van der Waals surface area contributed by atoms with Crippen LogP contribution in [0.2, 0.25) is 10.0 Å². The summed E-state index contributed by atoms with van der Waals surface area (Å²) in [6.45, 7) is 1.93. The Balaban J connectivity index is 3.04. The molecule has 66 valence electrons. The van der Waals surface area contributed by atoms with Gasteiger partial charge in [0.1, 0.15) is 0 Å². The standard InChI is InChI=1S/C9H10Cl2O/c1-6(12-2)8-5-7(10)3-4-9(8)11/h3-6H,1-2H3. The molecule has 0 bridgehead atoms. The first kappa shape index (κ1) is 9.85. The van der Waals surface area contributed by atoms with Gasteiger partial charge in [0.2, 0.25) is 0 Å². The summed E-state index contributed by atoms with van der Waals surface area (Å²) in [5.41, 5.74) is 0.923. The first-order chi connectivity index (χ1) is 5.65. The van der Waals surface area contributed by atoms with Crippen LogP contribution in [0.1, 0.15) is 18.6 Å². The lowest BCUT2D eigenvalue weighted by Crippen LogP contribution is -1.96. The van der Waals surface area contributed by atoms with Gasteiger partial charge in [0.05, 0.1) is 6.10 Å². The van der Waals surface area contributed by atoms with E-state index in [1.165, 1.54) is 0 Å². The monoisotopic (exact) mass is 204 g/mol. The lowest BCUT2D eigenvalue weighted by Gasteiger charge is -2.11. The summed E-state index contributed by atoms with van der Waals surface area (Å²) in [5, 5.41) is 1.37. The SMILES string of the molecule is COC(C)c1cc(Cl)ccc1Cl. The van der Waals surface area contributed by atoms with Crippen LogP contribution < -0.4 is 0 Å². The second-order valence-electron chi connectivity index (χ2n) is 2.54. The second kappa shape index (κ2) is 4.13. The molecule has 0 spiro atoms. The lowest BCUT2D eigenvalue weighted by atomic mass is 10.1. The van der Waals surface area contributed by atoms with E-state index in [4.69, 9.17) is 27.9 Å². The van der Waals surface area contributed by atoms with E-state index in [9.17, 15) is 0 Å². The molecule has 0 fully saturated rings. The quantitative estimate of drug-likeness (QED) is 0.715. The van der Waals surface area contributed by atoms with Crippen LogP contribution in [-0.4, -0.2) is 7.11 Å². The Morgan fingerprint density at radius 1 is 1.33 bits per heavy atom. The van der Waals surface area contributed by atoms with Crippen molar-refractivity contribution in [3.05, 3.63) is 33.8 Å². The van der Waals surface area contributed by atoms with E-state index in [0.717, 1.165) is 5.56 Å². The van der Waals surface area contributed by atoms with Gasteiger partial charge in [-0.2, -0.15) is 0 Å². The van der Waals surface area contributed by atoms with Gasteiger partial charge in [-0.1, -0.05) is 23.2 Å². The zero-order chi connectivity index (χ0) is 9.14. The molecule has 1 aromatic rings. The van der Waals surface area contributed by atoms with Crippen LogP contribution in [0.5, 0.6) is 0 Å². The summed E-state index contributed by atoms with van der Waals surface area (Å²) in [6.07, 6.45) is -0.0174. The molecule has 1 unspecified atom stereocenters. The number of hydrogen-bond donors (Lipinski definition) is 0. The molecule has 12 heavy (non-hydrogen) atoms.